The first-order valence-electron chi connectivity index (χ1n) is 10.1. The Bertz CT molecular complexity index is 627. The Balaban J connectivity index is 1.82. The molecule has 2 aliphatic heterocycles. The van der Waals surface area contributed by atoms with Crippen molar-refractivity contribution in [1.82, 2.24) is 14.5 Å². The molecule has 9 nitrogen and oxygen atoms in total. The third kappa shape index (κ3) is 6.54. The van der Waals surface area contributed by atoms with Crippen LogP contribution >= 0.6 is 8.53 Å². The van der Waals surface area contributed by atoms with Gasteiger partial charge in [0.2, 0.25) is 0 Å². The van der Waals surface area contributed by atoms with Gasteiger partial charge in [0.05, 0.1) is 13.2 Å². The lowest BCUT2D eigenvalue weighted by molar-refractivity contribution is -0.138. The first kappa shape index (κ1) is 24.3. The fourth-order valence-corrected chi connectivity index (χ4v) is 4.84. The van der Waals surface area contributed by atoms with Crippen LogP contribution in [0.15, 0.2) is 24.3 Å². The van der Waals surface area contributed by atoms with Gasteiger partial charge >= 0.3 is 0 Å². The second kappa shape index (κ2) is 11.5. The van der Waals surface area contributed by atoms with Gasteiger partial charge in [0.25, 0.3) is 32.2 Å². The van der Waals surface area contributed by atoms with Crippen LogP contribution in [0.4, 0.5) is 0 Å². The van der Waals surface area contributed by atoms with Crippen LogP contribution < -0.4 is 0 Å². The summed E-state index contributed by atoms with van der Waals surface area (Å²) in [5, 5.41) is 0. The first-order chi connectivity index (χ1) is 14.2. The van der Waals surface area contributed by atoms with E-state index in [2.05, 4.69) is 32.4 Å². The zero-order chi connectivity index (χ0) is 22.3. The number of nitrogens with zero attached hydrogens (tertiary/aromatic N) is 3. The summed E-state index contributed by atoms with van der Waals surface area (Å²) < 4.78 is 14.2. The molecule has 0 fully saturated rings. The van der Waals surface area contributed by atoms with Crippen LogP contribution in [0.2, 0.25) is 0 Å². The molecule has 166 valence electrons. The maximum Gasteiger partial charge on any atom is 0.259 e. The van der Waals surface area contributed by atoms with Gasteiger partial charge in [-0.25, -0.2) is 4.67 Å². The van der Waals surface area contributed by atoms with Crippen LogP contribution in [0.25, 0.3) is 0 Å². The Kier molecular flexibility index (Phi) is 9.30. The zero-order valence-electron chi connectivity index (χ0n) is 17.9. The third-order valence-electron chi connectivity index (χ3n) is 4.50. The lowest BCUT2D eigenvalue weighted by Gasteiger charge is -2.35. The molecule has 0 saturated carbocycles. The summed E-state index contributed by atoms with van der Waals surface area (Å²) in [7, 11) is -1.37. The summed E-state index contributed by atoms with van der Waals surface area (Å²) in [5.74, 6) is -1.20. The minimum atomic E-state index is -1.37. The largest absolute Gasteiger partial charge is 0.322 e. The molecule has 0 radical (unpaired) electrons. The number of hydrogen-bond acceptors (Lipinski definition) is 7. The fraction of sp³-hybridized carbons (Fsp3) is 0.600. The smallest absolute Gasteiger partial charge is 0.259 e. The Morgan fingerprint density at radius 2 is 1.07 bits per heavy atom. The molecule has 0 bridgehead atoms. The number of amides is 4. The standard InChI is InChI=1S/C20H30N3O6P/c1-15(2)23(16(3)4)30(28-13-5-11-21-17(24)7-8-18(21)25)29-14-6-12-22-19(26)9-10-20(22)27/h7-10,15-16H,5-6,11-14H2,1-4H3. The fourth-order valence-electron chi connectivity index (χ4n) is 3.18. The molecule has 30 heavy (non-hydrogen) atoms. The van der Waals surface area contributed by atoms with E-state index in [-0.39, 0.29) is 35.7 Å². The van der Waals surface area contributed by atoms with Gasteiger partial charge in [0.1, 0.15) is 0 Å². The molecule has 0 aromatic rings. The number of hydrogen-bond donors (Lipinski definition) is 0. The van der Waals surface area contributed by atoms with Crippen molar-refractivity contribution in [3.8, 4) is 0 Å². The quantitative estimate of drug-likeness (QED) is 0.246. The van der Waals surface area contributed by atoms with E-state index in [1.807, 2.05) is 0 Å². The van der Waals surface area contributed by atoms with Gasteiger partial charge in [-0.05, 0) is 40.5 Å². The van der Waals surface area contributed by atoms with Gasteiger partial charge in [0, 0.05) is 49.5 Å². The average Bonchev–Trinajstić information content (AvgIpc) is 3.16. The zero-order valence-corrected chi connectivity index (χ0v) is 18.8. The Hall–Kier alpha value is -1.93. The third-order valence-corrected chi connectivity index (χ3v) is 6.61. The maximum absolute atomic E-state index is 11.6. The summed E-state index contributed by atoms with van der Waals surface area (Å²) in [4.78, 5) is 48.9. The molecular formula is C20H30N3O6P. The van der Waals surface area contributed by atoms with Crippen molar-refractivity contribution in [3.63, 3.8) is 0 Å². The van der Waals surface area contributed by atoms with E-state index in [1.54, 1.807) is 0 Å². The lowest BCUT2D eigenvalue weighted by atomic mass is 10.3. The maximum atomic E-state index is 11.6. The molecule has 0 unspecified atom stereocenters. The second-order valence-electron chi connectivity index (χ2n) is 7.50. The molecule has 4 amide bonds. The molecule has 0 aromatic heterocycles. The molecule has 0 N–H and O–H groups in total. The van der Waals surface area contributed by atoms with E-state index >= 15 is 0 Å². The van der Waals surface area contributed by atoms with E-state index in [4.69, 9.17) is 9.05 Å². The van der Waals surface area contributed by atoms with Gasteiger partial charge in [0.15, 0.2) is 0 Å². The van der Waals surface area contributed by atoms with Gasteiger partial charge in [-0.3, -0.25) is 29.0 Å². The topological polar surface area (TPSA) is 96.5 Å². The molecule has 2 aliphatic rings. The Labute approximate surface area is 178 Å². The van der Waals surface area contributed by atoms with Gasteiger partial charge in [-0.2, -0.15) is 0 Å². The predicted octanol–water partition coefficient (Wildman–Crippen LogP) is 2.00. The molecular weight excluding hydrogens is 409 g/mol. The molecule has 0 aliphatic carbocycles. The number of imide groups is 2. The molecule has 2 rings (SSSR count). The van der Waals surface area contributed by atoms with Crippen LogP contribution in [0.3, 0.4) is 0 Å². The molecule has 0 spiro atoms. The van der Waals surface area contributed by atoms with Crippen molar-refractivity contribution < 1.29 is 28.2 Å². The Morgan fingerprint density at radius 1 is 0.733 bits per heavy atom. The van der Waals surface area contributed by atoms with E-state index < -0.39 is 8.53 Å². The van der Waals surface area contributed by atoms with E-state index in [9.17, 15) is 19.2 Å². The highest BCUT2D eigenvalue weighted by Crippen LogP contribution is 2.46. The van der Waals surface area contributed by atoms with Crippen LogP contribution in [0.5, 0.6) is 0 Å². The second-order valence-corrected chi connectivity index (χ2v) is 8.96. The normalized spacial score (nSPS) is 16.8. The van der Waals surface area contributed by atoms with Crippen LogP contribution in [-0.4, -0.2) is 76.5 Å². The summed E-state index contributed by atoms with van der Waals surface area (Å²) in [6, 6.07) is 0.376. The van der Waals surface area contributed by atoms with Crippen LogP contribution in [-0.2, 0) is 28.2 Å². The predicted molar refractivity (Wildman–Crippen MR) is 112 cm³/mol. The van der Waals surface area contributed by atoms with Crippen molar-refractivity contribution in [3.05, 3.63) is 24.3 Å². The van der Waals surface area contributed by atoms with Gasteiger partial charge in [-0.1, -0.05) is 0 Å². The van der Waals surface area contributed by atoms with Crippen LogP contribution in [0.1, 0.15) is 40.5 Å². The van der Waals surface area contributed by atoms with Crippen molar-refractivity contribution in [1.29, 1.82) is 0 Å². The van der Waals surface area contributed by atoms with Crippen molar-refractivity contribution in [2.24, 2.45) is 0 Å². The Morgan fingerprint density at radius 3 is 1.37 bits per heavy atom. The highest BCUT2D eigenvalue weighted by atomic mass is 31.2. The van der Waals surface area contributed by atoms with Crippen molar-refractivity contribution in [2.75, 3.05) is 26.3 Å². The summed E-state index contributed by atoms with van der Waals surface area (Å²) in [5.41, 5.74) is 0. The number of rotatable bonds is 13. The monoisotopic (exact) mass is 439 g/mol. The summed E-state index contributed by atoms with van der Waals surface area (Å²) in [6.07, 6.45) is 6.09. The number of carbonyl (C=O) groups is 4. The molecule has 0 aromatic carbocycles. The van der Waals surface area contributed by atoms with E-state index in [0.29, 0.717) is 39.1 Å². The van der Waals surface area contributed by atoms with E-state index in [1.165, 1.54) is 34.1 Å². The van der Waals surface area contributed by atoms with E-state index in [0.717, 1.165) is 0 Å². The van der Waals surface area contributed by atoms with Crippen molar-refractivity contribution in [2.45, 2.75) is 52.6 Å². The minimum Gasteiger partial charge on any atom is -0.322 e. The molecule has 2 heterocycles. The molecule has 0 saturated heterocycles. The summed E-state index contributed by atoms with van der Waals surface area (Å²) >= 11 is 0. The number of carbonyl (C=O) groups excluding carboxylic acids is 4. The van der Waals surface area contributed by atoms with Gasteiger partial charge in [-0.15, -0.1) is 0 Å². The molecule has 0 atom stereocenters. The minimum absolute atomic E-state index is 0.188. The summed E-state index contributed by atoms with van der Waals surface area (Å²) in [6.45, 7) is 9.50. The highest BCUT2D eigenvalue weighted by molar-refractivity contribution is 7.44. The van der Waals surface area contributed by atoms with Crippen molar-refractivity contribution >= 4 is 32.2 Å². The first-order valence-corrected chi connectivity index (χ1v) is 11.3. The lowest BCUT2D eigenvalue weighted by Crippen LogP contribution is -2.35. The van der Waals surface area contributed by atoms with Gasteiger partial charge < -0.3 is 9.05 Å². The highest BCUT2D eigenvalue weighted by Gasteiger charge is 2.28. The SMILES string of the molecule is CC(C)N(C(C)C)P(OCCCN1C(=O)C=CC1=O)OCCCN1C(=O)C=CC1=O. The van der Waals surface area contributed by atoms with Crippen LogP contribution in [0, 0.1) is 0 Å². The molecule has 10 heteroatoms. The average molecular weight is 439 g/mol.